The van der Waals surface area contributed by atoms with Gasteiger partial charge in [-0.15, -0.1) is 0 Å². The van der Waals surface area contributed by atoms with Crippen LogP contribution in [0, 0.1) is 0 Å². The van der Waals surface area contributed by atoms with Crippen molar-refractivity contribution < 1.29 is 13.2 Å². The summed E-state index contributed by atoms with van der Waals surface area (Å²) in [5.41, 5.74) is 4.86. The highest BCUT2D eigenvalue weighted by atomic mass is 19.4. The topological polar surface area (TPSA) is 42.1 Å². The molecule has 1 aromatic rings. The Balaban J connectivity index is 2.32. The molecule has 1 aliphatic rings. The van der Waals surface area contributed by atoms with Crippen LogP contribution in [0.25, 0.3) is 0 Å². The van der Waals surface area contributed by atoms with Crippen LogP contribution in [0.1, 0.15) is 37.7 Å². The first-order valence-electron chi connectivity index (χ1n) is 7.03. The molecule has 1 saturated carbocycles. The van der Waals surface area contributed by atoms with Gasteiger partial charge in [-0.1, -0.05) is 12.8 Å². The minimum Gasteiger partial charge on any atom is -0.353 e. The van der Waals surface area contributed by atoms with Crippen LogP contribution in [-0.2, 0) is 6.18 Å². The van der Waals surface area contributed by atoms with Crippen molar-refractivity contribution in [3.8, 4) is 0 Å². The monoisotopic (exact) mass is 287 g/mol. The number of hydrogen-bond acceptors (Lipinski definition) is 3. The lowest BCUT2D eigenvalue weighted by molar-refractivity contribution is -0.137. The zero-order valence-electron chi connectivity index (χ0n) is 11.4. The molecule has 0 bridgehead atoms. The van der Waals surface area contributed by atoms with E-state index in [0.717, 1.165) is 31.7 Å². The van der Waals surface area contributed by atoms with Crippen LogP contribution in [0.5, 0.6) is 0 Å². The molecule has 20 heavy (non-hydrogen) atoms. The molecular formula is C14H20F3N3. The largest absolute Gasteiger partial charge is 0.419 e. The molecule has 0 aliphatic heterocycles. The van der Waals surface area contributed by atoms with E-state index in [2.05, 4.69) is 4.98 Å². The van der Waals surface area contributed by atoms with Gasteiger partial charge < -0.3 is 10.6 Å². The Morgan fingerprint density at radius 2 is 2.00 bits per heavy atom. The number of nitrogens with two attached hydrogens (primary N) is 1. The molecule has 3 nitrogen and oxygen atoms in total. The van der Waals surface area contributed by atoms with Gasteiger partial charge in [0.25, 0.3) is 0 Å². The van der Waals surface area contributed by atoms with Crippen LogP contribution in [0.15, 0.2) is 18.3 Å². The highest BCUT2D eigenvalue weighted by Gasteiger charge is 2.37. The van der Waals surface area contributed by atoms with Gasteiger partial charge >= 0.3 is 6.18 Å². The smallest absolute Gasteiger partial charge is 0.353 e. The molecule has 112 valence electrons. The minimum atomic E-state index is -4.37. The Morgan fingerprint density at radius 3 is 2.60 bits per heavy atom. The number of halogens is 3. The van der Waals surface area contributed by atoms with Crippen LogP contribution >= 0.6 is 0 Å². The molecule has 0 amide bonds. The molecule has 0 spiro atoms. The van der Waals surface area contributed by atoms with Gasteiger partial charge in [0.1, 0.15) is 5.82 Å². The molecule has 0 atom stereocenters. The average Bonchev–Trinajstić information content (AvgIpc) is 2.92. The van der Waals surface area contributed by atoms with Crippen LogP contribution < -0.4 is 10.6 Å². The van der Waals surface area contributed by atoms with Gasteiger partial charge in [-0.25, -0.2) is 4.98 Å². The molecule has 1 aromatic heterocycles. The lowest BCUT2D eigenvalue weighted by Crippen LogP contribution is -2.37. The third-order valence-electron chi connectivity index (χ3n) is 3.73. The summed E-state index contributed by atoms with van der Waals surface area (Å²) < 4.78 is 39.4. The zero-order valence-corrected chi connectivity index (χ0v) is 11.4. The number of nitrogens with zero attached hydrogens (tertiary/aromatic N) is 2. The van der Waals surface area contributed by atoms with Crippen LogP contribution in [-0.4, -0.2) is 24.1 Å². The molecule has 0 aromatic carbocycles. The number of rotatable bonds is 5. The number of anilines is 1. The van der Waals surface area contributed by atoms with Gasteiger partial charge in [0.05, 0.1) is 5.56 Å². The van der Waals surface area contributed by atoms with E-state index in [1.807, 2.05) is 4.90 Å². The van der Waals surface area contributed by atoms with Crippen molar-refractivity contribution in [2.45, 2.75) is 44.3 Å². The molecular weight excluding hydrogens is 267 g/mol. The summed E-state index contributed by atoms with van der Waals surface area (Å²) in [6, 6.07) is 2.59. The van der Waals surface area contributed by atoms with Crippen molar-refractivity contribution >= 4 is 5.82 Å². The maximum absolute atomic E-state index is 13.1. The maximum Gasteiger partial charge on any atom is 0.419 e. The van der Waals surface area contributed by atoms with Crippen LogP contribution in [0.2, 0.25) is 0 Å². The van der Waals surface area contributed by atoms with E-state index in [1.54, 1.807) is 0 Å². The Hall–Kier alpha value is -1.30. The molecule has 2 N–H and O–H groups in total. The number of hydrogen-bond donors (Lipinski definition) is 1. The predicted molar refractivity (Wildman–Crippen MR) is 72.5 cm³/mol. The van der Waals surface area contributed by atoms with Gasteiger partial charge in [0.2, 0.25) is 0 Å². The van der Waals surface area contributed by atoms with E-state index < -0.39 is 11.7 Å². The molecule has 1 fully saturated rings. The average molecular weight is 287 g/mol. The van der Waals surface area contributed by atoms with Crippen LogP contribution in [0.4, 0.5) is 19.0 Å². The minimum absolute atomic E-state index is 0.0559. The number of alkyl halides is 3. The van der Waals surface area contributed by atoms with Gasteiger partial charge in [-0.2, -0.15) is 13.2 Å². The van der Waals surface area contributed by atoms with Crippen molar-refractivity contribution in [1.82, 2.24) is 4.98 Å². The maximum atomic E-state index is 13.1. The van der Waals surface area contributed by atoms with Crippen molar-refractivity contribution in [3.05, 3.63) is 23.9 Å². The summed E-state index contributed by atoms with van der Waals surface area (Å²) in [6.45, 7) is 0.999. The Bertz CT molecular complexity index is 428. The summed E-state index contributed by atoms with van der Waals surface area (Å²) in [6.07, 6.45) is 1.72. The van der Waals surface area contributed by atoms with E-state index in [1.165, 1.54) is 12.3 Å². The summed E-state index contributed by atoms with van der Waals surface area (Å²) >= 11 is 0. The highest BCUT2D eigenvalue weighted by molar-refractivity contribution is 5.49. The first-order valence-corrected chi connectivity index (χ1v) is 7.03. The fourth-order valence-electron chi connectivity index (χ4n) is 2.79. The lowest BCUT2D eigenvalue weighted by atomic mass is 10.1. The number of aromatic nitrogens is 1. The van der Waals surface area contributed by atoms with Gasteiger partial charge in [0.15, 0.2) is 0 Å². The van der Waals surface area contributed by atoms with Crippen molar-refractivity contribution in [1.29, 1.82) is 0 Å². The fourth-order valence-corrected chi connectivity index (χ4v) is 2.79. The quantitative estimate of drug-likeness (QED) is 0.904. The first-order chi connectivity index (χ1) is 9.54. The molecule has 0 unspecified atom stereocenters. The second kappa shape index (κ2) is 6.43. The van der Waals surface area contributed by atoms with E-state index in [-0.39, 0.29) is 11.9 Å². The van der Waals surface area contributed by atoms with Gasteiger partial charge in [-0.3, -0.25) is 0 Å². The van der Waals surface area contributed by atoms with Crippen molar-refractivity contribution in [2.24, 2.45) is 5.73 Å². The van der Waals surface area contributed by atoms with E-state index in [9.17, 15) is 13.2 Å². The SMILES string of the molecule is NCCCN(c1ncccc1C(F)(F)F)C1CCCC1. The third-order valence-corrected chi connectivity index (χ3v) is 3.73. The summed E-state index contributed by atoms with van der Waals surface area (Å²) in [5.74, 6) is 0.0559. The first kappa shape index (κ1) is 15.1. The molecule has 0 radical (unpaired) electrons. The number of pyridine rings is 1. The second-order valence-electron chi connectivity index (χ2n) is 5.15. The molecule has 0 saturated heterocycles. The Labute approximate surface area is 117 Å². The summed E-state index contributed by atoms with van der Waals surface area (Å²) in [5, 5.41) is 0. The van der Waals surface area contributed by atoms with E-state index >= 15 is 0 Å². The Morgan fingerprint density at radius 1 is 1.30 bits per heavy atom. The van der Waals surface area contributed by atoms with Gasteiger partial charge in [0, 0.05) is 18.8 Å². The predicted octanol–water partition coefficient (Wildman–Crippen LogP) is 3.20. The molecule has 6 heteroatoms. The third kappa shape index (κ3) is 3.42. The Kier molecular flexibility index (Phi) is 4.86. The molecule has 2 rings (SSSR count). The van der Waals surface area contributed by atoms with Crippen LogP contribution in [0.3, 0.4) is 0 Å². The zero-order chi connectivity index (χ0) is 14.6. The van der Waals surface area contributed by atoms with E-state index in [0.29, 0.717) is 19.5 Å². The van der Waals surface area contributed by atoms with Crippen molar-refractivity contribution in [2.75, 3.05) is 18.0 Å². The molecule has 1 heterocycles. The summed E-state index contributed by atoms with van der Waals surface area (Å²) in [7, 11) is 0. The summed E-state index contributed by atoms with van der Waals surface area (Å²) in [4.78, 5) is 5.82. The van der Waals surface area contributed by atoms with E-state index in [4.69, 9.17) is 5.73 Å². The van der Waals surface area contributed by atoms with Crippen molar-refractivity contribution in [3.63, 3.8) is 0 Å². The van der Waals surface area contributed by atoms with Gasteiger partial charge in [-0.05, 0) is 37.9 Å². The molecule has 1 aliphatic carbocycles. The second-order valence-corrected chi connectivity index (χ2v) is 5.15. The fraction of sp³-hybridized carbons (Fsp3) is 0.643. The highest BCUT2D eigenvalue weighted by Crippen LogP contribution is 2.37. The normalized spacial score (nSPS) is 16.6. The standard InChI is InChI=1S/C14H20F3N3/c15-14(16,17)12-7-3-9-19-13(12)20(10-4-8-18)11-5-1-2-6-11/h3,7,9,11H,1-2,4-6,8,10,18H2. The lowest BCUT2D eigenvalue weighted by Gasteiger charge is -2.32.